The fraction of sp³-hybridized carbons (Fsp3) is 0.267. The second kappa shape index (κ2) is 10.1. The first-order chi connectivity index (χ1) is 12.5. The Morgan fingerprint density at radius 2 is 1.92 bits per heavy atom. The van der Waals surface area contributed by atoms with E-state index in [-0.39, 0.29) is 29.7 Å². The lowest BCUT2D eigenvalue weighted by atomic mass is 10.3. The molecule has 0 aliphatic heterocycles. The molecule has 0 aliphatic carbocycles. The molecule has 8 nitrogen and oxygen atoms in total. The Morgan fingerprint density at radius 3 is 2.62 bits per heavy atom. The Hall–Kier alpha value is -2.17. The number of nitrogens with zero attached hydrogens (tertiary/aromatic N) is 2. The average molecular weight is 415 g/mol. The van der Waals surface area contributed by atoms with Crippen LogP contribution in [0, 0.1) is 0 Å². The Kier molecular flexibility index (Phi) is 7.82. The van der Waals surface area contributed by atoms with E-state index in [9.17, 15) is 14.4 Å². The highest BCUT2D eigenvalue weighted by molar-refractivity contribution is 8.01. The summed E-state index contributed by atoms with van der Waals surface area (Å²) in [6, 6.07) is 6.17. The first-order valence-electron chi connectivity index (χ1n) is 7.43. The number of carbonyl (C=O) groups is 3. The monoisotopic (exact) mass is 414 g/mol. The molecule has 1 heterocycles. The molecule has 0 bridgehead atoms. The number of rotatable bonds is 8. The molecule has 0 saturated carbocycles. The molecule has 1 aromatic heterocycles. The van der Waals surface area contributed by atoms with Gasteiger partial charge in [-0.15, -0.1) is 10.2 Å². The fourth-order valence-electron chi connectivity index (χ4n) is 1.68. The molecule has 0 saturated heterocycles. The molecule has 2 N–H and O–H groups in total. The van der Waals surface area contributed by atoms with Crippen molar-refractivity contribution in [2.75, 3.05) is 23.0 Å². The van der Waals surface area contributed by atoms with Gasteiger partial charge in [-0.25, -0.2) is 4.79 Å². The molecule has 1 aromatic carbocycles. The summed E-state index contributed by atoms with van der Waals surface area (Å²) in [6.45, 7) is 1.92. The first kappa shape index (κ1) is 20.1. The molecule has 11 heteroatoms. The van der Waals surface area contributed by atoms with Gasteiger partial charge in [-0.2, -0.15) is 0 Å². The zero-order valence-electron chi connectivity index (χ0n) is 13.7. The van der Waals surface area contributed by atoms with Crippen molar-refractivity contribution in [2.45, 2.75) is 17.7 Å². The van der Waals surface area contributed by atoms with Crippen LogP contribution in [0.1, 0.15) is 13.3 Å². The molecule has 0 radical (unpaired) electrons. The van der Waals surface area contributed by atoms with Gasteiger partial charge in [-0.05, 0) is 31.2 Å². The summed E-state index contributed by atoms with van der Waals surface area (Å²) in [5.41, 5.74) is 0.579. The number of hydrogen-bond donors (Lipinski definition) is 2. The topological polar surface area (TPSA) is 110 Å². The zero-order chi connectivity index (χ0) is 18.9. The SMILES string of the molecule is CCOC(=O)CC(=O)CSc1nnc(NC(=O)Nc2ccc(Cl)cc2)s1. The quantitative estimate of drug-likeness (QED) is 0.294. The number of ketones is 1. The van der Waals surface area contributed by atoms with Crippen LogP contribution in [-0.4, -0.2) is 40.3 Å². The zero-order valence-corrected chi connectivity index (χ0v) is 16.0. The number of esters is 1. The van der Waals surface area contributed by atoms with E-state index in [1.165, 1.54) is 0 Å². The van der Waals surface area contributed by atoms with E-state index in [0.717, 1.165) is 23.1 Å². The van der Waals surface area contributed by atoms with Crippen LogP contribution in [0.15, 0.2) is 28.6 Å². The van der Waals surface area contributed by atoms with Crippen molar-refractivity contribution in [3.05, 3.63) is 29.3 Å². The van der Waals surface area contributed by atoms with Crippen LogP contribution >= 0.6 is 34.7 Å². The summed E-state index contributed by atoms with van der Waals surface area (Å²) in [5, 5.41) is 13.7. The Bertz CT molecular complexity index is 782. The molecule has 2 amide bonds. The van der Waals surface area contributed by atoms with Crippen molar-refractivity contribution in [2.24, 2.45) is 0 Å². The molecular formula is C15H15ClN4O4S2. The minimum Gasteiger partial charge on any atom is -0.466 e. The smallest absolute Gasteiger partial charge is 0.325 e. The predicted molar refractivity (Wildman–Crippen MR) is 101 cm³/mol. The highest BCUT2D eigenvalue weighted by Crippen LogP contribution is 2.25. The van der Waals surface area contributed by atoms with Gasteiger partial charge in [0.25, 0.3) is 0 Å². The van der Waals surface area contributed by atoms with Crippen LogP contribution in [0.5, 0.6) is 0 Å². The number of thioether (sulfide) groups is 1. The largest absolute Gasteiger partial charge is 0.466 e. The third-order valence-electron chi connectivity index (χ3n) is 2.73. The van der Waals surface area contributed by atoms with E-state index in [1.54, 1.807) is 31.2 Å². The van der Waals surface area contributed by atoms with E-state index in [0.29, 0.717) is 15.0 Å². The third kappa shape index (κ3) is 6.98. The maximum absolute atomic E-state index is 11.9. The minimum absolute atomic E-state index is 0.0738. The lowest BCUT2D eigenvalue weighted by Crippen LogP contribution is -2.19. The van der Waals surface area contributed by atoms with Crippen LogP contribution < -0.4 is 10.6 Å². The van der Waals surface area contributed by atoms with Crippen LogP contribution in [0.25, 0.3) is 0 Å². The van der Waals surface area contributed by atoms with Crippen molar-refractivity contribution in [1.29, 1.82) is 0 Å². The number of urea groups is 1. The second-order valence-electron chi connectivity index (χ2n) is 4.77. The Labute approximate surface area is 162 Å². The van der Waals surface area contributed by atoms with Crippen molar-refractivity contribution in [3.8, 4) is 0 Å². The van der Waals surface area contributed by atoms with E-state index in [1.807, 2.05) is 0 Å². The van der Waals surface area contributed by atoms with Gasteiger partial charge in [0, 0.05) is 10.7 Å². The Morgan fingerprint density at radius 1 is 1.19 bits per heavy atom. The van der Waals surface area contributed by atoms with Gasteiger partial charge in [0.1, 0.15) is 6.42 Å². The summed E-state index contributed by atoms with van der Waals surface area (Å²) in [6.07, 6.45) is -0.270. The van der Waals surface area contributed by atoms with Gasteiger partial charge in [0.2, 0.25) is 5.13 Å². The highest BCUT2D eigenvalue weighted by Gasteiger charge is 2.13. The molecule has 0 atom stereocenters. The molecular weight excluding hydrogens is 400 g/mol. The number of aromatic nitrogens is 2. The number of amides is 2. The first-order valence-corrected chi connectivity index (χ1v) is 9.61. The molecule has 0 fully saturated rings. The van der Waals surface area contributed by atoms with Crippen LogP contribution in [0.4, 0.5) is 15.6 Å². The van der Waals surface area contributed by atoms with Gasteiger partial charge in [-0.1, -0.05) is 34.7 Å². The molecule has 0 spiro atoms. The van der Waals surface area contributed by atoms with Gasteiger partial charge in [0.15, 0.2) is 10.1 Å². The number of hydrogen-bond acceptors (Lipinski definition) is 8. The van der Waals surface area contributed by atoms with Crippen LogP contribution in [0.2, 0.25) is 5.02 Å². The number of halogens is 1. The maximum Gasteiger partial charge on any atom is 0.325 e. The van der Waals surface area contributed by atoms with Gasteiger partial charge < -0.3 is 10.1 Å². The lowest BCUT2D eigenvalue weighted by Gasteiger charge is -2.04. The van der Waals surface area contributed by atoms with Gasteiger partial charge in [-0.3, -0.25) is 14.9 Å². The average Bonchev–Trinajstić information content (AvgIpc) is 3.02. The summed E-state index contributed by atoms with van der Waals surface area (Å²) in [5.74, 6) is -0.736. The van der Waals surface area contributed by atoms with Crippen LogP contribution in [-0.2, 0) is 14.3 Å². The Balaban J connectivity index is 1.78. The van der Waals surface area contributed by atoms with E-state index >= 15 is 0 Å². The van der Waals surface area contributed by atoms with Gasteiger partial charge >= 0.3 is 12.0 Å². The molecule has 0 aliphatic rings. The number of Topliss-reactive ketones (excluding diaryl/α,β-unsaturated/α-hetero) is 1. The highest BCUT2D eigenvalue weighted by atomic mass is 35.5. The molecule has 26 heavy (non-hydrogen) atoms. The van der Waals surface area contributed by atoms with Crippen molar-refractivity contribution < 1.29 is 19.1 Å². The van der Waals surface area contributed by atoms with Crippen molar-refractivity contribution in [3.63, 3.8) is 0 Å². The van der Waals surface area contributed by atoms with E-state index in [2.05, 4.69) is 20.8 Å². The number of nitrogens with one attached hydrogen (secondary N) is 2. The number of ether oxygens (including phenoxy) is 1. The number of anilines is 2. The summed E-state index contributed by atoms with van der Waals surface area (Å²) >= 11 is 8.05. The van der Waals surface area contributed by atoms with Crippen molar-refractivity contribution in [1.82, 2.24) is 10.2 Å². The summed E-state index contributed by atoms with van der Waals surface area (Å²) in [7, 11) is 0. The molecule has 2 rings (SSSR count). The summed E-state index contributed by atoms with van der Waals surface area (Å²) in [4.78, 5) is 34.8. The molecule has 0 unspecified atom stereocenters. The van der Waals surface area contributed by atoms with Crippen LogP contribution in [0.3, 0.4) is 0 Å². The fourth-order valence-corrected chi connectivity index (χ4v) is 3.41. The lowest BCUT2D eigenvalue weighted by molar-refractivity contribution is -0.145. The van der Waals surface area contributed by atoms with E-state index in [4.69, 9.17) is 16.3 Å². The normalized spacial score (nSPS) is 10.2. The maximum atomic E-state index is 11.9. The minimum atomic E-state index is -0.545. The standard InChI is InChI=1S/C15H15ClN4O4S2/c1-2-24-12(22)7-11(21)8-25-15-20-19-14(26-15)18-13(23)17-10-5-3-9(16)4-6-10/h3-6H,2,7-8H2,1H3,(H2,17,18,19,23). The molecule has 2 aromatic rings. The third-order valence-corrected chi connectivity index (χ3v) is 5.02. The van der Waals surface area contributed by atoms with Crippen molar-refractivity contribution >= 4 is 63.3 Å². The molecule has 138 valence electrons. The van der Waals surface area contributed by atoms with Gasteiger partial charge in [0.05, 0.1) is 12.4 Å². The number of benzene rings is 1. The summed E-state index contributed by atoms with van der Waals surface area (Å²) < 4.78 is 5.22. The number of carbonyl (C=O) groups excluding carboxylic acids is 3. The van der Waals surface area contributed by atoms with E-state index < -0.39 is 12.0 Å². The predicted octanol–water partition coefficient (Wildman–Crippen LogP) is 3.45. The second-order valence-corrected chi connectivity index (χ2v) is 7.40.